The van der Waals surface area contributed by atoms with Crippen LogP contribution in [0.1, 0.15) is 0 Å². The van der Waals surface area contributed by atoms with E-state index in [9.17, 15) is 0 Å². The number of hydrogen-bond acceptors (Lipinski definition) is 2. The highest BCUT2D eigenvalue weighted by Crippen LogP contribution is 2.13. The number of rotatable bonds is 0. The first-order chi connectivity index (χ1) is 5.27. The smallest absolute Gasteiger partial charge is 0.156 e. The molecule has 0 atom stereocenters. The van der Waals surface area contributed by atoms with Crippen molar-refractivity contribution < 1.29 is 0 Å². The van der Waals surface area contributed by atoms with Crippen LogP contribution in [0.2, 0.25) is 5.15 Å². The van der Waals surface area contributed by atoms with Gasteiger partial charge in [-0.2, -0.15) is 0 Å². The zero-order chi connectivity index (χ0) is 7.84. The molecule has 0 aromatic carbocycles. The Morgan fingerprint density at radius 1 is 1.36 bits per heavy atom. The Labute approximate surface area is 76.2 Å². The van der Waals surface area contributed by atoms with Gasteiger partial charge in [-0.25, -0.2) is 9.97 Å². The molecule has 0 N–H and O–H groups in total. The molecule has 5 heteroatoms. The van der Waals surface area contributed by atoms with E-state index in [-0.39, 0.29) is 0 Å². The largest absolute Gasteiger partial charge is 0.290 e. The molecule has 2 aromatic rings. The summed E-state index contributed by atoms with van der Waals surface area (Å²) in [6, 6.07) is 0. The van der Waals surface area contributed by atoms with Crippen LogP contribution in [0.5, 0.6) is 0 Å². The van der Waals surface area contributed by atoms with Crippen molar-refractivity contribution in [3.63, 3.8) is 0 Å². The average molecular weight is 232 g/mol. The van der Waals surface area contributed by atoms with Crippen molar-refractivity contribution in [3.8, 4) is 0 Å². The third-order valence-corrected chi connectivity index (χ3v) is 2.10. The van der Waals surface area contributed by atoms with Crippen molar-refractivity contribution in [2.75, 3.05) is 0 Å². The Hall–Kier alpha value is -0.610. The summed E-state index contributed by atoms with van der Waals surface area (Å²) in [5, 5.41) is 0.455. The zero-order valence-corrected chi connectivity index (χ0v) is 7.67. The van der Waals surface area contributed by atoms with Gasteiger partial charge in [-0.3, -0.25) is 4.40 Å². The molecular weight excluding hydrogens is 229 g/mol. The second-order valence-corrected chi connectivity index (χ2v) is 3.22. The van der Waals surface area contributed by atoms with Gasteiger partial charge in [-0.1, -0.05) is 11.6 Å². The van der Waals surface area contributed by atoms with Crippen LogP contribution in [-0.2, 0) is 0 Å². The van der Waals surface area contributed by atoms with Crippen molar-refractivity contribution in [3.05, 3.63) is 28.3 Å². The first-order valence-electron chi connectivity index (χ1n) is 2.91. The molecule has 0 saturated heterocycles. The minimum absolute atomic E-state index is 0.455. The maximum absolute atomic E-state index is 5.67. The fraction of sp³-hybridized carbons (Fsp3) is 0. The molecule has 0 radical (unpaired) electrons. The Kier molecular flexibility index (Phi) is 1.58. The van der Waals surface area contributed by atoms with Crippen LogP contribution in [-0.4, -0.2) is 14.4 Å². The molecule has 56 valence electrons. The highest BCUT2D eigenvalue weighted by molar-refractivity contribution is 9.10. The molecule has 0 aliphatic rings. The second-order valence-electron chi connectivity index (χ2n) is 2.02. The summed E-state index contributed by atoms with van der Waals surface area (Å²) in [4.78, 5) is 7.94. The first-order valence-corrected chi connectivity index (χ1v) is 4.08. The zero-order valence-electron chi connectivity index (χ0n) is 5.33. The van der Waals surface area contributed by atoms with Gasteiger partial charge in [0.2, 0.25) is 0 Å². The van der Waals surface area contributed by atoms with Gasteiger partial charge in [0.1, 0.15) is 9.76 Å². The summed E-state index contributed by atoms with van der Waals surface area (Å²) in [7, 11) is 0. The lowest BCUT2D eigenvalue weighted by Gasteiger charge is -1.93. The van der Waals surface area contributed by atoms with Gasteiger partial charge in [-0.05, 0) is 15.9 Å². The third kappa shape index (κ3) is 1.12. The number of fused-ring (bicyclic) bond motifs is 1. The van der Waals surface area contributed by atoms with E-state index in [1.54, 1.807) is 18.6 Å². The minimum atomic E-state index is 0.455. The molecule has 0 amide bonds. The van der Waals surface area contributed by atoms with Crippen molar-refractivity contribution in [1.29, 1.82) is 0 Å². The maximum atomic E-state index is 5.67. The quantitative estimate of drug-likeness (QED) is 0.697. The number of aromatic nitrogens is 3. The van der Waals surface area contributed by atoms with Gasteiger partial charge in [0, 0.05) is 6.20 Å². The fourth-order valence-electron chi connectivity index (χ4n) is 0.836. The lowest BCUT2D eigenvalue weighted by molar-refractivity contribution is 1.10. The van der Waals surface area contributed by atoms with E-state index in [0.29, 0.717) is 5.15 Å². The summed E-state index contributed by atoms with van der Waals surface area (Å²) < 4.78 is 2.69. The number of nitrogens with zero attached hydrogens (tertiary/aromatic N) is 3. The number of hydrogen-bond donors (Lipinski definition) is 0. The first kappa shape index (κ1) is 7.06. The van der Waals surface area contributed by atoms with Crippen LogP contribution >= 0.6 is 27.5 Å². The van der Waals surface area contributed by atoms with Crippen molar-refractivity contribution in [2.45, 2.75) is 0 Å². The van der Waals surface area contributed by atoms with Crippen LogP contribution in [0, 0.1) is 0 Å². The van der Waals surface area contributed by atoms with E-state index in [2.05, 4.69) is 25.9 Å². The highest BCUT2D eigenvalue weighted by Gasteiger charge is 1.99. The lowest BCUT2D eigenvalue weighted by Crippen LogP contribution is -1.86. The SMILES string of the molecule is Clc1cn2c(Br)cnc2cn1. The third-order valence-electron chi connectivity index (χ3n) is 1.32. The normalized spacial score (nSPS) is 10.7. The number of halogens is 2. The summed E-state index contributed by atoms with van der Waals surface area (Å²) in [6.45, 7) is 0. The summed E-state index contributed by atoms with van der Waals surface area (Å²) >= 11 is 8.98. The fourth-order valence-corrected chi connectivity index (χ4v) is 1.37. The molecule has 3 nitrogen and oxygen atoms in total. The predicted octanol–water partition coefficient (Wildman–Crippen LogP) is 2.15. The molecule has 0 fully saturated rings. The molecule has 2 heterocycles. The van der Waals surface area contributed by atoms with Gasteiger partial charge in [-0.15, -0.1) is 0 Å². The predicted molar refractivity (Wildman–Crippen MR) is 45.7 cm³/mol. The Morgan fingerprint density at radius 2 is 2.18 bits per heavy atom. The molecule has 0 bridgehead atoms. The molecule has 0 spiro atoms. The second kappa shape index (κ2) is 2.46. The van der Waals surface area contributed by atoms with E-state index in [1.807, 2.05) is 4.40 Å². The molecule has 0 aliphatic carbocycles. The van der Waals surface area contributed by atoms with E-state index in [4.69, 9.17) is 11.6 Å². The Balaban J connectivity index is 2.87. The van der Waals surface area contributed by atoms with Crippen molar-refractivity contribution in [2.24, 2.45) is 0 Å². The van der Waals surface area contributed by atoms with E-state index < -0.39 is 0 Å². The summed E-state index contributed by atoms with van der Waals surface area (Å²) in [5.41, 5.74) is 0.779. The molecule has 2 rings (SSSR count). The van der Waals surface area contributed by atoms with Gasteiger partial charge in [0.05, 0.1) is 12.4 Å². The van der Waals surface area contributed by atoms with Crippen molar-refractivity contribution in [1.82, 2.24) is 14.4 Å². The summed E-state index contributed by atoms with van der Waals surface area (Å²) in [6.07, 6.45) is 5.02. The van der Waals surface area contributed by atoms with Gasteiger partial charge in [0.25, 0.3) is 0 Å². The van der Waals surface area contributed by atoms with Crippen LogP contribution in [0.15, 0.2) is 23.2 Å². The van der Waals surface area contributed by atoms with E-state index in [0.717, 1.165) is 10.3 Å². The van der Waals surface area contributed by atoms with Crippen LogP contribution in [0.4, 0.5) is 0 Å². The highest BCUT2D eigenvalue weighted by atomic mass is 79.9. The van der Waals surface area contributed by atoms with Crippen molar-refractivity contribution >= 4 is 33.2 Å². The summed E-state index contributed by atoms with van der Waals surface area (Å²) in [5.74, 6) is 0. The van der Waals surface area contributed by atoms with Crippen LogP contribution < -0.4 is 0 Å². The molecule has 11 heavy (non-hydrogen) atoms. The van der Waals surface area contributed by atoms with Gasteiger partial charge in [0.15, 0.2) is 5.65 Å². The minimum Gasteiger partial charge on any atom is -0.290 e. The molecular formula is C6H3BrClN3. The van der Waals surface area contributed by atoms with E-state index in [1.165, 1.54) is 0 Å². The molecule has 2 aromatic heterocycles. The van der Waals surface area contributed by atoms with Crippen LogP contribution in [0.3, 0.4) is 0 Å². The average Bonchev–Trinajstić information content (AvgIpc) is 2.33. The van der Waals surface area contributed by atoms with E-state index >= 15 is 0 Å². The number of imidazole rings is 1. The van der Waals surface area contributed by atoms with Gasteiger partial charge >= 0.3 is 0 Å². The maximum Gasteiger partial charge on any atom is 0.156 e. The van der Waals surface area contributed by atoms with Crippen LogP contribution in [0.25, 0.3) is 5.65 Å². The molecule has 0 saturated carbocycles. The Morgan fingerprint density at radius 3 is 3.00 bits per heavy atom. The topological polar surface area (TPSA) is 30.2 Å². The monoisotopic (exact) mass is 231 g/mol. The molecule has 0 unspecified atom stereocenters. The van der Waals surface area contributed by atoms with Gasteiger partial charge < -0.3 is 0 Å². The lowest BCUT2D eigenvalue weighted by atomic mass is 10.7. The molecule has 0 aliphatic heterocycles. The standard InChI is InChI=1S/C6H3BrClN3/c7-4-1-10-6-2-9-5(8)3-11(4)6/h1-3H. The Bertz CT molecular complexity index is 398.